The first-order valence-corrected chi connectivity index (χ1v) is 3.98. The van der Waals surface area contributed by atoms with Gasteiger partial charge in [0.15, 0.2) is 0 Å². The molecule has 0 bridgehead atoms. The maximum absolute atomic E-state index is 10.5. The molecule has 0 aliphatic carbocycles. The molecule has 1 heterocycles. The van der Waals surface area contributed by atoms with Crippen molar-refractivity contribution in [1.82, 2.24) is 0 Å². The highest BCUT2D eigenvalue weighted by atomic mass is 16.5. The Morgan fingerprint density at radius 2 is 2.33 bits per heavy atom. The van der Waals surface area contributed by atoms with Gasteiger partial charge in [0.25, 0.3) is 0 Å². The molecular weight excluding hydrogens is 160 g/mol. The first-order valence-electron chi connectivity index (χ1n) is 3.98. The summed E-state index contributed by atoms with van der Waals surface area (Å²) in [5.41, 5.74) is 11.0. The number of nitrogens with two attached hydrogens (primary N) is 2. The van der Waals surface area contributed by atoms with E-state index in [1.165, 1.54) is 0 Å². The molecule has 3 unspecified atom stereocenters. The zero-order valence-electron chi connectivity index (χ0n) is 6.77. The first-order chi connectivity index (χ1) is 5.63. The van der Waals surface area contributed by atoms with Gasteiger partial charge >= 0.3 is 5.97 Å². The van der Waals surface area contributed by atoms with Crippen LogP contribution >= 0.6 is 0 Å². The SMILES string of the molecule is NC1CCCOC1C(N)C(=O)O. The van der Waals surface area contributed by atoms with Gasteiger partial charge in [0.1, 0.15) is 6.04 Å². The molecule has 5 heteroatoms. The minimum Gasteiger partial charge on any atom is -0.480 e. The lowest BCUT2D eigenvalue weighted by atomic mass is 9.98. The summed E-state index contributed by atoms with van der Waals surface area (Å²) in [5.74, 6) is -1.06. The van der Waals surface area contributed by atoms with E-state index in [9.17, 15) is 4.79 Å². The molecule has 0 spiro atoms. The van der Waals surface area contributed by atoms with Crippen LogP contribution in [0.25, 0.3) is 0 Å². The molecule has 5 nitrogen and oxygen atoms in total. The van der Waals surface area contributed by atoms with Crippen LogP contribution in [0, 0.1) is 0 Å². The van der Waals surface area contributed by atoms with Gasteiger partial charge in [-0.3, -0.25) is 4.79 Å². The second-order valence-electron chi connectivity index (χ2n) is 3.01. The van der Waals surface area contributed by atoms with Crippen molar-refractivity contribution in [3.8, 4) is 0 Å². The van der Waals surface area contributed by atoms with Crippen molar-refractivity contribution in [3.63, 3.8) is 0 Å². The van der Waals surface area contributed by atoms with Crippen LogP contribution < -0.4 is 11.5 Å². The molecule has 1 fully saturated rings. The van der Waals surface area contributed by atoms with E-state index in [4.69, 9.17) is 21.3 Å². The third-order valence-corrected chi connectivity index (χ3v) is 2.05. The predicted molar refractivity (Wildman–Crippen MR) is 42.6 cm³/mol. The molecule has 0 aromatic heterocycles. The molecule has 5 N–H and O–H groups in total. The third-order valence-electron chi connectivity index (χ3n) is 2.05. The minimum atomic E-state index is -1.06. The lowest BCUT2D eigenvalue weighted by molar-refractivity contribution is -0.144. The van der Waals surface area contributed by atoms with E-state index in [-0.39, 0.29) is 6.04 Å². The summed E-state index contributed by atoms with van der Waals surface area (Å²) in [5, 5.41) is 8.59. The Hall–Kier alpha value is -0.650. The van der Waals surface area contributed by atoms with Crippen molar-refractivity contribution in [2.75, 3.05) is 6.61 Å². The van der Waals surface area contributed by atoms with Gasteiger partial charge in [-0.15, -0.1) is 0 Å². The molecule has 0 aromatic carbocycles. The number of hydrogen-bond donors (Lipinski definition) is 3. The van der Waals surface area contributed by atoms with Crippen LogP contribution in [0.15, 0.2) is 0 Å². The summed E-state index contributed by atoms with van der Waals surface area (Å²) in [6.07, 6.45) is 1.13. The zero-order chi connectivity index (χ0) is 9.14. The van der Waals surface area contributed by atoms with Crippen LogP contribution in [0.1, 0.15) is 12.8 Å². The topological polar surface area (TPSA) is 98.6 Å². The number of ether oxygens (including phenoxy) is 1. The molecule has 0 aromatic rings. The smallest absolute Gasteiger partial charge is 0.323 e. The van der Waals surface area contributed by atoms with E-state index in [2.05, 4.69) is 0 Å². The van der Waals surface area contributed by atoms with Gasteiger partial charge in [-0.1, -0.05) is 0 Å². The normalized spacial score (nSPS) is 32.8. The third kappa shape index (κ3) is 1.94. The molecule has 0 amide bonds. The second kappa shape index (κ2) is 3.84. The summed E-state index contributed by atoms with van der Waals surface area (Å²) in [6, 6.07) is -1.25. The van der Waals surface area contributed by atoms with Crippen molar-refractivity contribution in [3.05, 3.63) is 0 Å². The fourth-order valence-electron chi connectivity index (χ4n) is 1.34. The Bertz CT molecular complexity index is 174. The van der Waals surface area contributed by atoms with Crippen LogP contribution in [0.4, 0.5) is 0 Å². The van der Waals surface area contributed by atoms with Crippen molar-refractivity contribution >= 4 is 5.97 Å². The fraction of sp³-hybridized carbons (Fsp3) is 0.857. The largest absolute Gasteiger partial charge is 0.480 e. The lowest BCUT2D eigenvalue weighted by Gasteiger charge is -2.31. The number of rotatable bonds is 2. The van der Waals surface area contributed by atoms with Gasteiger partial charge in [-0.25, -0.2) is 0 Å². The zero-order valence-corrected chi connectivity index (χ0v) is 6.77. The van der Waals surface area contributed by atoms with E-state index in [1.807, 2.05) is 0 Å². The Labute approximate surface area is 70.7 Å². The second-order valence-corrected chi connectivity index (χ2v) is 3.01. The summed E-state index contributed by atoms with van der Waals surface area (Å²) in [4.78, 5) is 10.5. The molecule has 12 heavy (non-hydrogen) atoms. The maximum atomic E-state index is 10.5. The fourth-order valence-corrected chi connectivity index (χ4v) is 1.34. The maximum Gasteiger partial charge on any atom is 0.323 e. The number of carboxylic acid groups (broad SMARTS) is 1. The average molecular weight is 174 g/mol. The van der Waals surface area contributed by atoms with E-state index in [0.717, 1.165) is 12.8 Å². The van der Waals surface area contributed by atoms with Gasteiger partial charge in [0, 0.05) is 12.6 Å². The quantitative estimate of drug-likeness (QED) is 0.493. The van der Waals surface area contributed by atoms with Gasteiger partial charge in [-0.05, 0) is 12.8 Å². The summed E-state index contributed by atoms with van der Waals surface area (Å²) in [7, 11) is 0. The molecule has 0 saturated carbocycles. The summed E-state index contributed by atoms with van der Waals surface area (Å²) < 4.78 is 5.18. The van der Waals surface area contributed by atoms with Crippen LogP contribution in [0.2, 0.25) is 0 Å². The van der Waals surface area contributed by atoms with E-state index >= 15 is 0 Å². The van der Waals surface area contributed by atoms with Crippen molar-refractivity contribution in [1.29, 1.82) is 0 Å². The van der Waals surface area contributed by atoms with Crippen molar-refractivity contribution in [2.45, 2.75) is 31.0 Å². The Morgan fingerprint density at radius 1 is 1.67 bits per heavy atom. The Morgan fingerprint density at radius 3 is 2.83 bits per heavy atom. The molecule has 1 aliphatic heterocycles. The summed E-state index contributed by atoms with van der Waals surface area (Å²) >= 11 is 0. The molecular formula is C7H14N2O3. The monoisotopic (exact) mass is 174 g/mol. The van der Waals surface area contributed by atoms with Crippen LogP contribution in [0.5, 0.6) is 0 Å². The van der Waals surface area contributed by atoms with E-state index < -0.39 is 18.1 Å². The number of hydrogen-bond acceptors (Lipinski definition) is 4. The van der Waals surface area contributed by atoms with Crippen molar-refractivity contribution < 1.29 is 14.6 Å². The highest BCUT2D eigenvalue weighted by Crippen LogP contribution is 2.14. The first kappa shape index (κ1) is 9.44. The number of carboxylic acids is 1. The molecule has 3 atom stereocenters. The minimum absolute atomic E-state index is 0.246. The van der Waals surface area contributed by atoms with Gasteiger partial charge < -0.3 is 21.3 Å². The van der Waals surface area contributed by atoms with Gasteiger partial charge in [0.2, 0.25) is 0 Å². The molecule has 0 radical (unpaired) electrons. The lowest BCUT2D eigenvalue weighted by Crippen LogP contribution is -2.54. The van der Waals surface area contributed by atoms with E-state index in [1.54, 1.807) is 0 Å². The Balaban J connectivity index is 2.53. The molecule has 1 aliphatic rings. The highest BCUT2D eigenvalue weighted by Gasteiger charge is 2.32. The predicted octanol–water partition coefficient (Wildman–Crippen LogP) is -1.10. The standard InChI is InChI=1S/C7H14N2O3/c8-4-2-1-3-12-6(4)5(9)7(10)11/h4-6H,1-3,8-9H2,(H,10,11). The van der Waals surface area contributed by atoms with Crippen LogP contribution in [0.3, 0.4) is 0 Å². The van der Waals surface area contributed by atoms with Crippen LogP contribution in [-0.4, -0.2) is 35.9 Å². The number of aliphatic carboxylic acids is 1. The van der Waals surface area contributed by atoms with Gasteiger partial charge in [-0.2, -0.15) is 0 Å². The molecule has 1 rings (SSSR count). The Kier molecular flexibility index (Phi) is 3.02. The van der Waals surface area contributed by atoms with E-state index in [0.29, 0.717) is 6.61 Å². The van der Waals surface area contributed by atoms with Crippen LogP contribution in [-0.2, 0) is 9.53 Å². The molecule has 1 saturated heterocycles. The highest BCUT2D eigenvalue weighted by molar-refractivity contribution is 5.74. The number of carbonyl (C=O) groups is 1. The summed E-state index contributed by atoms with van der Waals surface area (Å²) in [6.45, 7) is 0.555. The average Bonchev–Trinajstić information content (AvgIpc) is 2.04. The van der Waals surface area contributed by atoms with Crippen molar-refractivity contribution in [2.24, 2.45) is 11.5 Å². The molecule has 70 valence electrons. The van der Waals surface area contributed by atoms with Gasteiger partial charge in [0.05, 0.1) is 6.10 Å².